The molecule has 0 atom stereocenters. The molecule has 0 aromatic carbocycles. The molecular formula is C20H30IN5S. The van der Waals surface area contributed by atoms with E-state index in [2.05, 4.69) is 63.7 Å². The Balaban J connectivity index is 0.00000261. The number of nitrogens with one attached hydrogen (secondary N) is 1. The predicted octanol–water partition coefficient (Wildman–Crippen LogP) is 4.00. The largest absolute Gasteiger partial charge is 0.357 e. The maximum atomic E-state index is 4.84. The lowest BCUT2D eigenvalue weighted by Crippen LogP contribution is -2.39. The minimum Gasteiger partial charge on any atom is -0.357 e. The van der Waals surface area contributed by atoms with Gasteiger partial charge in [-0.1, -0.05) is 6.07 Å². The topological polar surface area (TPSA) is 43.8 Å². The van der Waals surface area contributed by atoms with Gasteiger partial charge >= 0.3 is 0 Å². The quantitative estimate of drug-likeness (QED) is 0.356. The number of aromatic nitrogens is 1. The third-order valence-corrected chi connectivity index (χ3v) is 5.56. The van der Waals surface area contributed by atoms with Crippen molar-refractivity contribution in [3.63, 3.8) is 0 Å². The second-order valence-electron chi connectivity index (χ2n) is 6.64. The number of hydrogen-bond acceptors (Lipinski definition) is 4. The third kappa shape index (κ3) is 6.64. The van der Waals surface area contributed by atoms with Crippen LogP contribution in [-0.4, -0.2) is 49.1 Å². The van der Waals surface area contributed by atoms with Crippen molar-refractivity contribution < 1.29 is 0 Å². The molecule has 1 N–H and O–H groups in total. The Morgan fingerprint density at radius 1 is 1.33 bits per heavy atom. The van der Waals surface area contributed by atoms with Gasteiger partial charge in [0.1, 0.15) is 5.82 Å². The summed E-state index contributed by atoms with van der Waals surface area (Å²) in [5.41, 5.74) is 1.21. The summed E-state index contributed by atoms with van der Waals surface area (Å²) in [6.45, 7) is 6.86. The van der Waals surface area contributed by atoms with E-state index < -0.39 is 0 Å². The summed E-state index contributed by atoms with van der Waals surface area (Å²) >= 11 is 1.82. The molecule has 148 valence electrons. The molecule has 1 aliphatic heterocycles. The highest BCUT2D eigenvalue weighted by Gasteiger charge is 2.13. The number of hydrogen-bond donors (Lipinski definition) is 1. The summed E-state index contributed by atoms with van der Waals surface area (Å²) in [5.74, 6) is 2.05. The van der Waals surface area contributed by atoms with E-state index in [1.54, 1.807) is 0 Å². The standard InChI is InChI=1S/C20H29N5S.HI/c1-3-21-20(24(2)13-9-18-7-6-14-26-18)23-16-17-8-10-22-19(15-17)25-11-4-5-12-25;/h6-8,10,14-15H,3-5,9,11-13,16H2,1-2H3,(H,21,23);1H. The van der Waals surface area contributed by atoms with Crippen molar-refractivity contribution in [1.29, 1.82) is 0 Å². The molecule has 2 aromatic rings. The van der Waals surface area contributed by atoms with Crippen LogP contribution in [0.15, 0.2) is 40.8 Å². The Kier molecular flexibility index (Phi) is 9.33. The van der Waals surface area contributed by atoms with Crippen LogP contribution in [0.4, 0.5) is 5.82 Å². The van der Waals surface area contributed by atoms with Crippen molar-refractivity contribution in [2.75, 3.05) is 38.1 Å². The average molecular weight is 499 g/mol. The van der Waals surface area contributed by atoms with Gasteiger partial charge < -0.3 is 15.1 Å². The Labute approximate surface area is 183 Å². The molecule has 3 rings (SSSR count). The highest BCUT2D eigenvalue weighted by atomic mass is 127. The fourth-order valence-corrected chi connectivity index (χ4v) is 3.85. The lowest BCUT2D eigenvalue weighted by molar-refractivity contribution is 0.486. The van der Waals surface area contributed by atoms with Crippen LogP contribution in [0.3, 0.4) is 0 Å². The van der Waals surface area contributed by atoms with Crippen molar-refractivity contribution in [3.05, 3.63) is 46.3 Å². The lowest BCUT2D eigenvalue weighted by atomic mass is 10.2. The van der Waals surface area contributed by atoms with Crippen LogP contribution in [0.1, 0.15) is 30.2 Å². The first-order valence-electron chi connectivity index (χ1n) is 9.48. The Hall–Kier alpha value is -1.35. The van der Waals surface area contributed by atoms with E-state index in [1.165, 1.54) is 23.3 Å². The summed E-state index contributed by atoms with van der Waals surface area (Å²) in [7, 11) is 2.11. The van der Waals surface area contributed by atoms with E-state index in [-0.39, 0.29) is 24.0 Å². The van der Waals surface area contributed by atoms with Gasteiger partial charge in [0.25, 0.3) is 0 Å². The molecule has 3 heterocycles. The monoisotopic (exact) mass is 499 g/mol. The predicted molar refractivity (Wildman–Crippen MR) is 127 cm³/mol. The van der Waals surface area contributed by atoms with E-state index in [0.717, 1.165) is 44.4 Å². The number of nitrogens with zero attached hydrogens (tertiary/aromatic N) is 4. The fraction of sp³-hybridized carbons (Fsp3) is 0.500. The molecule has 2 aromatic heterocycles. The van der Waals surface area contributed by atoms with Gasteiger partial charge in [-0.25, -0.2) is 9.98 Å². The number of anilines is 1. The summed E-state index contributed by atoms with van der Waals surface area (Å²) in [6.07, 6.45) is 5.49. The van der Waals surface area contributed by atoms with E-state index in [4.69, 9.17) is 4.99 Å². The molecule has 7 heteroatoms. The van der Waals surface area contributed by atoms with Crippen molar-refractivity contribution in [2.24, 2.45) is 4.99 Å². The molecule has 27 heavy (non-hydrogen) atoms. The number of halogens is 1. The molecule has 0 radical (unpaired) electrons. The van der Waals surface area contributed by atoms with Crippen molar-refractivity contribution in [2.45, 2.75) is 32.7 Å². The van der Waals surface area contributed by atoms with Crippen molar-refractivity contribution >= 4 is 47.1 Å². The number of likely N-dealkylation sites (N-methyl/N-ethyl adjacent to an activating group) is 1. The van der Waals surface area contributed by atoms with Crippen LogP contribution >= 0.6 is 35.3 Å². The SMILES string of the molecule is CCNC(=NCc1ccnc(N2CCCC2)c1)N(C)CCc1cccs1.I. The summed E-state index contributed by atoms with van der Waals surface area (Å²) in [4.78, 5) is 15.4. The summed E-state index contributed by atoms with van der Waals surface area (Å²) < 4.78 is 0. The average Bonchev–Trinajstić information content (AvgIpc) is 3.37. The van der Waals surface area contributed by atoms with Gasteiger partial charge in [0.05, 0.1) is 6.54 Å². The zero-order chi connectivity index (χ0) is 18.2. The highest BCUT2D eigenvalue weighted by molar-refractivity contribution is 14.0. The number of guanidine groups is 1. The van der Waals surface area contributed by atoms with E-state index in [0.29, 0.717) is 6.54 Å². The van der Waals surface area contributed by atoms with E-state index in [1.807, 2.05) is 17.5 Å². The van der Waals surface area contributed by atoms with Crippen LogP contribution < -0.4 is 10.2 Å². The van der Waals surface area contributed by atoms with Gasteiger partial charge in [-0.3, -0.25) is 0 Å². The normalized spacial score (nSPS) is 14.1. The van der Waals surface area contributed by atoms with Gasteiger partial charge in [0.2, 0.25) is 0 Å². The van der Waals surface area contributed by atoms with Crippen molar-refractivity contribution in [3.8, 4) is 0 Å². The molecule has 1 fully saturated rings. The first kappa shape index (κ1) is 21.9. The zero-order valence-corrected chi connectivity index (χ0v) is 19.4. The van der Waals surface area contributed by atoms with Gasteiger partial charge in [-0.2, -0.15) is 0 Å². The summed E-state index contributed by atoms with van der Waals surface area (Å²) in [5, 5.41) is 5.54. The van der Waals surface area contributed by atoms with Crippen LogP contribution in [-0.2, 0) is 13.0 Å². The van der Waals surface area contributed by atoms with Crippen LogP contribution in [0.25, 0.3) is 0 Å². The number of pyridine rings is 1. The fourth-order valence-electron chi connectivity index (χ4n) is 3.15. The number of thiophene rings is 1. The molecule has 0 amide bonds. The van der Waals surface area contributed by atoms with Crippen LogP contribution in [0.2, 0.25) is 0 Å². The minimum absolute atomic E-state index is 0. The second-order valence-corrected chi connectivity index (χ2v) is 7.67. The molecule has 0 bridgehead atoms. The molecule has 1 saturated heterocycles. The molecular weight excluding hydrogens is 469 g/mol. The van der Waals surface area contributed by atoms with Gasteiger partial charge in [-0.05, 0) is 55.3 Å². The van der Waals surface area contributed by atoms with Gasteiger partial charge in [0, 0.05) is 44.3 Å². The Morgan fingerprint density at radius 3 is 2.85 bits per heavy atom. The van der Waals surface area contributed by atoms with Crippen molar-refractivity contribution in [1.82, 2.24) is 15.2 Å². The maximum absolute atomic E-state index is 4.84. The lowest BCUT2D eigenvalue weighted by Gasteiger charge is -2.22. The number of rotatable bonds is 7. The molecule has 0 saturated carbocycles. The minimum atomic E-state index is 0. The summed E-state index contributed by atoms with van der Waals surface area (Å²) in [6, 6.07) is 8.56. The Morgan fingerprint density at radius 2 is 2.15 bits per heavy atom. The zero-order valence-electron chi connectivity index (χ0n) is 16.2. The first-order chi connectivity index (χ1) is 12.8. The highest BCUT2D eigenvalue weighted by Crippen LogP contribution is 2.19. The molecule has 0 aliphatic carbocycles. The molecule has 1 aliphatic rings. The second kappa shape index (κ2) is 11.5. The van der Waals surface area contributed by atoms with Gasteiger partial charge in [0.15, 0.2) is 5.96 Å². The van der Waals surface area contributed by atoms with E-state index in [9.17, 15) is 0 Å². The van der Waals surface area contributed by atoms with Gasteiger partial charge in [-0.15, -0.1) is 35.3 Å². The molecule has 0 unspecified atom stereocenters. The van der Waals surface area contributed by atoms with Crippen LogP contribution in [0, 0.1) is 0 Å². The number of aliphatic imine (C=N–C) groups is 1. The van der Waals surface area contributed by atoms with Crippen LogP contribution in [0.5, 0.6) is 0 Å². The molecule has 0 spiro atoms. The Bertz CT molecular complexity index is 698. The maximum Gasteiger partial charge on any atom is 0.193 e. The van der Waals surface area contributed by atoms with E-state index >= 15 is 0 Å². The smallest absolute Gasteiger partial charge is 0.193 e. The third-order valence-electron chi connectivity index (χ3n) is 4.62. The molecule has 5 nitrogen and oxygen atoms in total. The first-order valence-corrected chi connectivity index (χ1v) is 10.4.